The van der Waals surface area contributed by atoms with Crippen LogP contribution in [0.15, 0.2) is 42.7 Å². The van der Waals surface area contributed by atoms with Crippen molar-refractivity contribution in [2.75, 3.05) is 7.11 Å². The molecular formula is C17H17N3O2. The zero-order valence-corrected chi connectivity index (χ0v) is 12.5. The summed E-state index contributed by atoms with van der Waals surface area (Å²) in [6.07, 6.45) is 1.62. The number of H-pyrrole nitrogens is 1. The molecule has 0 unspecified atom stereocenters. The first-order chi connectivity index (χ1) is 10.7. The molecule has 0 saturated heterocycles. The molecule has 5 heteroatoms. The van der Waals surface area contributed by atoms with Crippen molar-refractivity contribution in [3.05, 3.63) is 59.4 Å². The van der Waals surface area contributed by atoms with Gasteiger partial charge in [0.05, 0.1) is 24.5 Å². The number of ether oxygens (including phenoxy) is 1. The number of carbonyl (C=O) groups is 1. The first-order valence-electron chi connectivity index (χ1n) is 7.02. The third-order valence-electron chi connectivity index (χ3n) is 3.59. The number of nitrogens with one attached hydrogen (secondary N) is 2. The summed E-state index contributed by atoms with van der Waals surface area (Å²) in [6.45, 7) is 2.46. The van der Waals surface area contributed by atoms with Crippen molar-refractivity contribution in [2.24, 2.45) is 0 Å². The predicted octanol–water partition coefficient (Wildman–Crippen LogP) is 2.81. The number of hydrogen-bond acceptors (Lipinski definition) is 3. The van der Waals surface area contributed by atoms with Crippen LogP contribution in [0.25, 0.3) is 11.0 Å². The van der Waals surface area contributed by atoms with Crippen molar-refractivity contribution >= 4 is 16.9 Å². The Balaban J connectivity index is 1.70. The fourth-order valence-corrected chi connectivity index (χ4v) is 2.41. The van der Waals surface area contributed by atoms with E-state index in [1.54, 1.807) is 25.6 Å². The molecule has 0 fully saturated rings. The number of amides is 1. The lowest BCUT2D eigenvalue weighted by Crippen LogP contribution is -2.22. The summed E-state index contributed by atoms with van der Waals surface area (Å²) in [7, 11) is 1.65. The van der Waals surface area contributed by atoms with Crippen LogP contribution in [-0.2, 0) is 6.54 Å². The average Bonchev–Trinajstić information content (AvgIpc) is 3.00. The summed E-state index contributed by atoms with van der Waals surface area (Å²) in [4.78, 5) is 19.4. The number of rotatable bonds is 4. The van der Waals surface area contributed by atoms with Crippen LogP contribution in [0.3, 0.4) is 0 Å². The Bertz CT molecular complexity index is 824. The number of nitrogens with zero attached hydrogens (tertiary/aromatic N) is 1. The maximum absolute atomic E-state index is 12.2. The Labute approximate surface area is 128 Å². The van der Waals surface area contributed by atoms with Gasteiger partial charge in [0.2, 0.25) is 0 Å². The van der Waals surface area contributed by atoms with Crippen LogP contribution >= 0.6 is 0 Å². The van der Waals surface area contributed by atoms with E-state index in [-0.39, 0.29) is 5.91 Å². The number of hydrogen-bond donors (Lipinski definition) is 2. The first kappa shape index (κ1) is 14.1. The Morgan fingerprint density at radius 2 is 2.14 bits per heavy atom. The molecule has 0 aliphatic carbocycles. The lowest BCUT2D eigenvalue weighted by molar-refractivity contribution is 0.0951. The second kappa shape index (κ2) is 5.89. The number of carbonyl (C=O) groups excluding carboxylic acids is 1. The van der Waals surface area contributed by atoms with Crippen LogP contribution in [0.4, 0.5) is 0 Å². The second-order valence-corrected chi connectivity index (χ2v) is 5.12. The van der Waals surface area contributed by atoms with Gasteiger partial charge in [-0.3, -0.25) is 4.79 Å². The van der Waals surface area contributed by atoms with Crippen LogP contribution in [0.1, 0.15) is 21.5 Å². The molecule has 1 heterocycles. The molecule has 0 radical (unpaired) electrons. The Kier molecular flexibility index (Phi) is 3.78. The highest BCUT2D eigenvalue weighted by atomic mass is 16.5. The highest BCUT2D eigenvalue weighted by molar-refractivity contribution is 5.97. The molecular weight excluding hydrogens is 278 g/mol. The van der Waals surface area contributed by atoms with E-state index in [0.29, 0.717) is 12.1 Å². The summed E-state index contributed by atoms with van der Waals surface area (Å²) in [5.41, 5.74) is 4.40. The van der Waals surface area contributed by atoms with E-state index in [1.165, 1.54) is 0 Å². The van der Waals surface area contributed by atoms with Crippen LogP contribution in [0.2, 0.25) is 0 Å². The van der Waals surface area contributed by atoms with Gasteiger partial charge in [-0.25, -0.2) is 4.98 Å². The Morgan fingerprint density at radius 1 is 1.27 bits per heavy atom. The third-order valence-corrected chi connectivity index (χ3v) is 3.59. The van der Waals surface area contributed by atoms with Crippen molar-refractivity contribution in [1.82, 2.24) is 15.3 Å². The summed E-state index contributed by atoms with van der Waals surface area (Å²) in [6, 6.07) is 11.3. The maximum Gasteiger partial charge on any atom is 0.251 e. The summed E-state index contributed by atoms with van der Waals surface area (Å²) in [5.74, 6) is 0.741. The van der Waals surface area contributed by atoms with Crippen LogP contribution in [-0.4, -0.2) is 23.0 Å². The van der Waals surface area contributed by atoms with Gasteiger partial charge in [0.25, 0.3) is 5.91 Å². The van der Waals surface area contributed by atoms with Gasteiger partial charge in [-0.05, 0) is 42.3 Å². The largest absolute Gasteiger partial charge is 0.496 e. The highest BCUT2D eigenvalue weighted by Gasteiger charge is 2.08. The minimum atomic E-state index is -0.107. The van der Waals surface area contributed by atoms with Crippen molar-refractivity contribution < 1.29 is 9.53 Å². The lowest BCUT2D eigenvalue weighted by Gasteiger charge is -2.09. The van der Waals surface area contributed by atoms with E-state index in [0.717, 1.165) is 27.9 Å². The maximum atomic E-state index is 12.2. The zero-order chi connectivity index (χ0) is 15.5. The van der Waals surface area contributed by atoms with Gasteiger partial charge in [-0.15, -0.1) is 0 Å². The molecule has 0 saturated carbocycles. The average molecular weight is 295 g/mol. The van der Waals surface area contributed by atoms with Gasteiger partial charge in [0, 0.05) is 12.1 Å². The number of benzene rings is 2. The van der Waals surface area contributed by atoms with Crippen LogP contribution in [0.5, 0.6) is 5.75 Å². The number of aromatic nitrogens is 2. The lowest BCUT2D eigenvalue weighted by atomic mass is 10.1. The monoisotopic (exact) mass is 295 g/mol. The fraction of sp³-hybridized carbons (Fsp3) is 0.176. The SMILES string of the molecule is COc1ccc(CNC(=O)c2ccc3nc[nH]c3c2)cc1C. The minimum absolute atomic E-state index is 0.107. The molecule has 0 bridgehead atoms. The van der Waals surface area contributed by atoms with Crippen molar-refractivity contribution in [1.29, 1.82) is 0 Å². The van der Waals surface area contributed by atoms with E-state index in [2.05, 4.69) is 15.3 Å². The topological polar surface area (TPSA) is 67.0 Å². The van der Waals surface area contributed by atoms with Crippen molar-refractivity contribution in [3.8, 4) is 5.75 Å². The number of aromatic amines is 1. The van der Waals surface area contributed by atoms with Gasteiger partial charge < -0.3 is 15.0 Å². The molecule has 0 aliphatic rings. The van der Waals surface area contributed by atoms with Gasteiger partial charge in [-0.1, -0.05) is 12.1 Å². The van der Waals surface area contributed by atoms with Crippen molar-refractivity contribution in [2.45, 2.75) is 13.5 Å². The molecule has 2 aromatic carbocycles. The molecule has 1 amide bonds. The van der Waals surface area contributed by atoms with Crippen LogP contribution in [0, 0.1) is 6.92 Å². The summed E-state index contributed by atoms with van der Waals surface area (Å²) < 4.78 is 5.23. The van der Waals surface area contributed by atoms with Crippen LogP contribution < -0.4 is 10.1 Å². The molecule has 3 aromatic rings. The number of methoxy groups -OCH3 is 1. The van der Waals surface area contributed by atoms with Gasteiger partial charge in [-0.2, -0.15) is 0 Å². The van der Waals surface area contributed by atoms with E-state index in [1.807, 2.05) is 31.2 Å². The molecule has 2 N–H and O–H groups in total. The Hall–Kier alpha value is -2.82. The molecule has 3 rings (SSSR count). The third kappa shape index (κ3) is 2.79. The molecule has 112 valence electrons. The second-order valence-electron chi connectivity index (χ2n) is 5.12. The molecule has 0 atom stereocenters. The molecule has 1 aromatic heterocycles. The highest BCUT2D eigenvalue weighted by Crippen LogP contribution is 2.18. The molecule has 0 spiro atoms. The predicted molar refractivity (Wildman–Crippen MR) is 85.0 cm³/mol. The van der Waals surface area contributed by atoms with Gasteiger partial charge >= 0.3 is 0 Å². The summed E-state index contributed by atoms with van der Waals surface area (Å²) >= 11 is 0. The van der Waals surface area contributed by atoms with Crippen molar-refractivity contribution in [3.63, 3.8) is 0 Å². The standard InChI is InChI=1S/C17H17N3O2/c1-11-7-12(3-6-16(11)22-2)9-18-17(21)13-4-5-14-15(8-13)20-10-19-14/h3-8,10H,9H2,1-2H3,(H,18,21)(H,19,20). The Morgan fingerprint density at radius 3 is 2.91 bits per heavy atom. The fourth-order valence-electron chi connectivity index (χ4n) is 2.41. The first-order valence-corrected chi connectivity index (χ1v) is 7.02. The van der Waals surface area contributed by atoms with E-state index >= 15 is 0 Å². The quantitative estimate of drug-likeness (QED) is 0.777. The van der Waals surface area contributed by atoms with E-state index in [9.17, 15) is 4.79 Å². The zero-order valence-electron chi connectivity index (χ0n) is 12.5. The molecule has 0 aliphatic heterocycles. The number of imidazole rings is 1. The van der Waals surface area contributed by atoms with Gasteiger partial charge in [0.1, 0.15) is 5.75 Å². The smallest absolute Gasteiger partial charge is 0.251 e. The van der Waals surface area contributed by atoms with E-state index in [4.69, 9.17) is 4.74 Å². The minimum Gasteiger partial charge on any atom is -0.496 e. The summed E-state index contributed by atoms with van der Waals surface area (Å²) in [5, 5.41) is 2.92. The van der Waals surface area contributed by atoms with Gasteiger partial charge in [0.15, 0.2) is 0 Å². The normalized spacial score (nSPS) is 10.6. The number of aryl methyl sites for hydroxylation is 1. The number of fused-ring (bicyclic) bond motifs is 1. The molecule has 22 heavy (non-hydrogen) atoms. The molecule has 5 nitrogen and oxygen atoms in total. The van der Waals surface area contributed by atoms with E-state index < -0.39 is 0 Å².